The van der Waals surface area contributed by atoms with E-state index in [9.17, 15) is 9.18 Å². The molecule has 1 aliphatic rings. The van der Waals surface area contributed by atoms with Gasteiger partial charge < -0.3 is 14.6 Å². The number of rotatable bonds is 4. The van der Waals surface area contributed by atoms with Crippen LogP contribution in [0, 0.1) is 5.82 Å². The summed E-state index contributed by atoms with van der Waals surface area (Å²) >= 11 is 0. The van der Waals surface area contributed by atoms with Crippen LogP contribution in [0.1, 0.15) is 15.9 Å². The first-order chi connectivity index (χ1) is 7.66. The maximum Gasteiger partial charge on any atom is 0.338 e. The Bertz CT molecular complexity index is 401. The monoisotopic (exact) mass is 226 g/mol. The second-order valence-corrected chi connectivity index (χ2v) is 3.59. The molecule has 0 aromatic heterocycles. The molecule has 5 heteroatoms. The van der Waals surface area contributed by atoms with Crippen molar-refractivity contribution in [3.63, 3.8) is 0 Å². The van der Waals surface area contributed by atoms with E-state index in [1.807, 2.05) is 0 Å². The molecule has 0 radical (unpaired) electrons. The van der Waals surface area contributed by atoms with Crippen LogP contribution in [0.4, 0.5) is 4.39 Å². The molecule has 0 amide bonds. The van der Waals surface area contributed by atoms with Crippen LogP contribution in [0.3, 0.4) is 0 Å². The zero-order chi connectivity index (χ0) is 11.5. The standard InChI is InChI=1S/C11H11FO4/c12-10-2-1-7(3-9(10)11(13)14)4-16-8-5-15-6-8/h1-3,8H,4-6H2,(H,13,14). The Hall–Kier alpha value is -1.46. The Kier molecular flexibility index (Phi) is 3.17. The van der Waals surface area contributed by atoms with Crippen molar-refractivity contribution in [1.29, 1.82) is 0 Å². The Morgan fingerprint density at radius 2 is 2.31 bits per heavy atom. The van der Waals surface area contributed by atoms with Gasteiger partial charge in [0.05, 0.1) is 25.4 Å². The lowest BCUT2D eigenvalue weighted by molar-refractivity contribution is -0.135. The van der Waals surface area contributed by atoms with E-state index in [0.717, 1.165) is 6.07 Å². The molecule has 1 aliphatic heterocycles. The number of hydrogen-bond donors (Lipinski definition) is 1. The van der Waals surface area contributed by atoms with Crippen molar-refractivity contribution in [3.8, 4) is 0 Å². The van der Waals surface area contributed by atoms with Crippen LogP contribution in [0.2, 0.25) is 0 Å². The van der Waals surface area contributed by atoms with E-state index in [0.29, 0.717) is 18.8 Å². The van der Waals surface area contributed by atoms with Gasteiger partial charge in [0.15, 0.2) is 0 Å². The number of carboxylic acid groups (broad SMARTS) is 1. The number of hydrogen-bond acceptors (Lipinski definition) is 3. The van der Waals surface area contributed by atoms with E-state index in [2.05, 4.69) is 0 Å². The number of aromatic carboxylic acids is 1. The smallest absolute Gasteiger partial charge is 0.338 e. The van der Waals surface area contributed by atoms with Crippen LogP contribution in [-0.4, -0.2) is 30.4 Å². The molecule has 0 spiro atoms. The molecular formula is C11H11FO4. The quantitative estimate of drug-likeness (QED) is 0.844. The predicted molar refractivity (Wildman–Crippen MR) is 52.8 cm³/mol. The molecule has 1 aromatic rings. The van der Waals surface area contributed by atoms with E-state index < -0.39 is 11.8 Å². The number of benzene rings is 1. The third-order valence-electron chi connectivity index (χ3n) is 2.35. The minimum Gasteiger partial charge on any atom is -0.478 e. The number of carbonyl (C=O) groups is 1. The van der Waals surface area contributed by atoms with Gasteiger partial charge in [-0.3, -0.25) is 0 Å². The maximum absolute atomic E-state index is 13.1. The van der Waals surface area contributed by atoms with Crippen LogP contribution in [-0.2, 0) is 16.1 Å². The molecule has 0 unspecified atom stereocenters. The Morgan fingerprint density at radius 3 is 2.88 bits per heavy atom. The highest BCUT2D eigenvalue weighted by molar-refractivity contribution is 5.88. The van der Waals surface area contributed by atoms with Crippen LogP contribution in [0.15, 0.2) is 18.2 Å². The van der Waals surface area contributed by atoms with Gasteiger partial charge in [0.25, 0.3) is 0 Å². The summed E-state index contributed by atoms with van der Waals surface area (Å²) in [6, 6.07) is 3.94. The summed E-state index contributed by atoms with van der Waals surface area (Å²) in [5.74, 6) is -2.01. The molecule has 1 aromatic carbocycles. The second-order valence-electron chi connectivity index (χ2n) is 3.59. The van der Waals surface area contributed by atoms with E-state index in [1.165, 1.54) is 12.1 Å². The van der Waals surface area contributed by atoms with E-state index in [1.54, 1.807) is 0 Å². The third kappa shape index (κ3) is 2.37. The van der Waals surface area contributed by atoms with Crippen molar-refractivity contribution < 1.29 is 23.8 Å². The zero-order valence-electron chi connectivity index (χ0n) is 8.48. The van der Waals surface area contributed by atoms with Gasteiger partial charge >= 0.3 is 5.97 Å². The summed E-state index contributed by atoms with van der Waals surface area (Å²) in [6.07, 6.45) is 0.0679. The number of carboxylic acids is 1. The van der Waals surface area contributed by atoms with Gasteiger partial charge in [0.1, 0.15) is 11.9 Å². The van der Waals surface area contributed by atoms with Crippen molar-refractivity contribution in [3.05, 3.63) is 35.1 Å². The summed E-state index contributed by atoms with van der Waals surface area (Å²) in [6.45, 7) is 1.40. The molecule has 0 atom stereocenters. The Morgan fingerprint density at radius 1 is 1.56 bits per heavy atom. The van der Waals surface area contributed by atoms with Gasteiger partial charge in [0, 0.05) is 0 Å². The normalized spacial score (nSPS) is 15.8. The molecule has 4 nitrogen and oxygen atoms in total. The van der Waals surface area contributed by atoms with Crippen LogP contribution < -0.4 is 0 Å². The molecule has 1 heterocycles. The molecule has 16 heavy (non-hydrogen) atoms. The number of ether oxygens (including phenoxy) is 2. The SMILES string of the molecule is O=C(O)c1cc(COC2COC2)ccc1F. The molecule has 1 saturated heterocycles. The first-order valence-corrected chi connectivity index (χ1v) is 4.88. The maximum atomic E-state index is 13.1. The first kappa shape index (κ1) is 11.0. The van der Waals surface area contributed by atoms with Crippen molar-refractivity contribution in [1.82, 2.24) is 0 Å². The molecule has 1 N–H and O–H groups in total. The van der Waals surface area contributed by atoms with E-state index in [4.69, 9.17) is 14.6 Å². The fourth-order valence-electron chi connectivity index (χ4n) is 1.35. The highest BCUT2D eigenvalue weighted by Gasteiger charge is 2.19. The van der Waals surface area contributed by atoms with Crippen molar-refractivity contribution in [2.75, 3.05) is 13.2 Å². The van der Waals surface area contributed by atoms with E-state index in [-0.39, 0.29) is 18.3 Å². The predicted octanol–water partition coefficient (Wildman–Crippen LogP) is 1.44. The fraction of sp³-hybridized carbons (Fsp3) is 0.364. The lowest BCUT2D eigenvalue weighted by Crippen LogP contribution is -2.35. The van der Waals surface area contributed by atoms with E-state index >= 15 is 0 Å². The van der Waals surface area contributed by atoms with Crippen molar-refractivity contribution in [2.24, 2.45) is 0 Å². The van der Waals surface area contributed by atoms with Crippen molar-refractivity contribution >= 4 is 5.97 Å². The fourth-order valence-corrected chi connectivity index (χ4v) is 1.35. The highest BCUT2D eigenvalue weighted by Crippen LogP contribution is 2.14. The highest BCUT2D eigenvalue weighted by atomic mass is 19.1. The molecule has 1 fully saturated rings. The topological polar surface area (TPSA) is 55.8 Å². The van der Waals surface area contributed by atoms with Gasteiger partial charge in [-0.15, -0.1) is 0 Å². The summed E-state index contributed by atoms with van der Waals surface area (Å²) in [5, 5.41) is 8.72. The molecular weight excluding hydrogens is 215 g/mol. The lowest BCUT2D eigenvalue weighted by Gasteiger charge is -2.26. The average molecular weight is 226 g/mol. The van der Waals surface area contributed by atoms with Crippen LogP contribution >= 0.6 is 0 Å². The summed E-state index contributed by atoms with van der Waals surface area (Å²) in [7, 11) is 0. The van der Waals surface area contributed by atoms with Gasteiger partial charge in [0.2, 0.25) is 0 Å². The van der Waals surface area contributed by atoms with Crippen molar-refractivity contribution in [2.45, 2.75) is 12.7 Å². The van der Waals surface area contributed by atoms with Gasteiger partial charge in [-0.05, 0) is 17.7 Å². The summed E-state index contributed by atoms with van der Waals surface area (Å²) in [4.78, 5) is 10.7. The average Bonchev–Trinajstić information content (AvgIpc) is 2.17. The second kappa shape index (κ2) is 4.59. The molecule has 0 saturated carbocycles. The minimum absolute atomic E-state index is 0.0679. The van der Waals surface area contributed by atoms with Crippen LogP contribution in [0.5, 0.6) is 0 Å². The number of halogens is 1. The molecule has 0 bridgehead atoms. The molecule has 2 rings (SSSR count). The first-order valence-electron chi connectivity index (χ1n) is 4.88. The minimum atomic E-state index is -1.27. The largest absolute Gasteiger partial charge is 0.478 e. The van der Waals surface area contributed by atoms with Gasteiger partial charge in [-0.2, -0.15) is 0 Å². The van der Waals surface area contributed by atoms with Gasteiger partial charge in [-0.25, -0.2) is 9.18 Å². The Labute approximate surface area is 91.6 Å². The molecule has 0 aliphatic carbocycles. The van der Waals surface area contributed by atoms with Crippen LogP contribution in [0.25, 0.3) is 0 Å². The molecule has 86 valence electrons. The van der Waals surface area contributed by atoms with Gasteiger partial charge in [-0.1, -0.05) is 6.07 Å². The lowest BCUT2D eigenvalue weighted by atomic mass is 10.1. The Balaban J connectivity index is 2.03. The zero-order valence-corrected chi connectivity index (χ0v) is 8.48. The third-order valence-corrected chi connectivity index (χ3v) is 2.35. The summed E-state index contributed by atoms with van der Waals surface area (Å²) < 4.78 is 23.4. The summed E-state index contributed by atoms with van der Waals surface area (Å²) in [5.41, 5.74) is 0.316.